The van der Waals surface area contributed by atoms with Crippen LogP contribution < -0.4 is 15.6 Å². The molecule has 3 aromatic rings. The highest BCUT2D eigenvalue weighted by Gasteiger charge is 2.16. The number of hydrogen-bond acceptors (Lipinski definition) is 5. The SMILES string of the molecule is CC(C)(C)OC(=O)Nc1ccn2c(=O)c(OCc3ccccc3)cnc2c1. The summed E-state index contributed by atoms with van der Waals surface area (Å²) in [5.41, 5.74) is 0.912. The Morgan fingerprint density at radius 1 is 1.19 bits per heavy atom. The van der Waals surface area contributed by atoms with E-state index in [9.17, 15) is 9.59 Å². The number of aromatic nitrogens is 2. The van der Waals surface area contributed by atoms with E-state index < -0.39 is 11.7 Å². The first kappa shape index (κ1) is 18.4. The normalized spacial score (nSPS) is 11.2. The number of carbonyl (C=O) groups excluding carboxylic acids is 1. The number of anilines is 1. The second-order valence-electron chi connectivity index (χ2n) is 6.97. The summed E-state index contributed by atoms with van der Waals surface area (Å²) in [6.45, 7) is 5.63. The molecule has 0 aliphatic rings. The number of rotatable bonds is 4. The van der Waals surface area contributed by atoms with Gasteiger partial charge < -0.3 is 9.47 Å². The molecule has 0 atom stereocenters. The summed E-state index contributed by atoms with van der Waals surface area (Å²) in [5, 5.41) is 2.62. The molecule has 0 saturated carbocycles. The molecule has 1 amide bonds. The number of ether oxygens (including phenoxy) is 2. The molecule has 2 heterocycles. The van der Waals surface area contributed by atoms with Crippen LogP contribution >= 0.6 is 0 Å². The maximum atomic E-state index is 12.6. The number of benzene rings is 1. The number of amides is 1. The molecule has 0 saturated heterocycles. The number of nitrogens with one attached hydrogen (secondary N) is 1. The number of hydrogen-bond donors (Lipinski definition) is 1. The third-order valence-electron chi connectivity index (χ3n) is 3.56. The molecule has 0 fully saturated rings. The first-order chi connectivity index (χ1) is 12.8. The average molecular weight is 367 g/mol. The second-order valence-corrected chi connectivity index (χ2v) is 6.97. The van der Waals surface area contributed by atoms with Crippen molar-refractivity contribution in [3.63, 3.8) is 0 Å². The lowest BCUT2D eigenvalue weighted by Gasteiger charge is -2.19. The summed E-state index contributed by atoms with van der Waals surface area (Å²) in [6, 6.07) is 12.8. The molecule has 140 valence electrons. The van der Waals surface area contributed by atoms with Gasteiger partial charge in [0.15, 0.2) is 0 Å². The largest absolute Gasteiger partial charge is 0.482 e. The van der Waals surface area contributed by atoms with Crippen molar-refractivity contribution in [2.75, 3.05) is 5.32 Å². The summed E-state index contributed by atoms with van der Waals surface area (Å²) in [7, 11) is 0. The molecule has 0 aliphatic carbocycles. The lowest BCUT2D eigenvalue weighted by molar-refractivity contribution is 0.0636. The van der Waals surface area contributed by atoms with Crippen molar-refractivity contribution in [2.45, 2.75) is 33.0 Å². The Morgan fingerprint density at radius 2 is 1.93 bits per heavy atom. The smallest absolute Gasteiger partial charge is 0.412 e. The standard InChI is InChI=1S/C20H21N3O4/c1-20(2,3)27-19(25)22-15-9-10-23-17(11-15)21-12-16(18(23)24)26-13-14-7-5-4-6-8-14/h4-12H,13H2,1-3H3,(H,22,25). The quantitative estimate of drug-likeness (QED) is 0.762. The van der Waals surface area contributed by atoms with Crippen LogP contribution in [0.15, 0.2) is 59.7 Å². The Kier molecular flexibility index (Phi) is 5.12. The van der Waals surface area contributed by atoms with Gasteiger partial charge in [-0.15, -0.1) is 0 Å². The molecule has 2 aromatic heterocycles. The molecule has 1 aromatic carbocycles. The van der Waals surface area contributed by atoms with Gasteiger partial charge >= 0.3 is 6.09 Å². The predicted octanol–water partition coefficient (Wildman–Crippen LogP) is 3.62. The van der Waals surface area contributed by atoms with E-state index in [2.05, 4.69) is 10.3 Å². The monoisotopic (exact) mass is 367 g/mol. The van der Waals surface area contributed by atoms with Gasteiger partial charge in [-0.25, -0.2) is 9.78 Å². The fraction of sp³-hybridized carbons (Fsp3) is 0.250. The molecular weight excluding hydrogens is 346 g/mol. The third-order valence-corrected chi connectivity index (χ3v) is 3.56. The molecule has 7 nitrogen and oxygen atoms in total. The van der Waals surface area contributed by atoms with Gasteiger partial charge in [0.05, 0.1) is 6.20 Å². The summed E-state index contributed by atoms with van der Waals surface area (Å²) in [5.74, 6) is 0.157. The van der Waals surface area contributed by atoms with Crippen molar-refractivity contribution in [2.24, 2.45) is 0 Å². The van der Waals surface area contributed by atoms with E-state index in [4.69, 9.17) is 9.47 Å². The Balaban J connectivity index is 1.77. The van der Waals surface area contributed by atoms with Gasteiger partial charge in [-0.1, -0.05) is 30.3 Å². The van der Waals surface area contributed by atoms with Gasteiger partial charge in [0.1, 0.15) is 17.9 Å². The van der Waals surface area contributed by atoms with Crippen LogP contribution in [0, 0.1) is 0 Å². The van der Waals surface area contributed by atoms with E-state index in [0.717, 1.165) is 5.56 Å². The van der Waals surface area contributed by atoms with Crippen LogP contribution in [0.1, 0.15) is 26.3 Å². The van der Waals surface area contributed by atoms with Crippen LogP contribution in [-0.2, 0) is 11.3 Å². The highest BCUT2D eigenvalue weighted by Crippen LogP contribution is 2.14. The fourth-order valence-electron chi connectivity index (χ4n) is 2.39. The Hall–Kier alpha value is -3.35. The van der Waals surface area contributed by atoms with E-state index >= 15 is 0 Å². The van der Waals surface area contributed by atoms with Crippen molar-refractivity contribution in [1.82, 2.24) is 9.38 Å². The highest BCUT2D eigenvalue weighted by molar-refractivity contribution is 5.85. The predicted molar refractivity (Wildman–Crippen MR) is 102 cm³/mol. The van der Waals surface area contributed by atoms with Gasteiger partial charge in [0.2, 0.25) is 5.75 Å². The van der Waals surface area contributed by atoms with Crippen LogP contribution in [0.4, 0.5) is 10.5 Å². The van der Waals surface area contributed by atoms with Crippen molar-refractivity contribution in [3.05, 3.63) is 70.8 Å². The summed E-state index contributed by atoms with van der Waals surface area (Å²) >= 11 is 0. The van der Waals surface area contributed by atoms with Crippen LogP contribution in [0.3, 0.4) is 0 Å². The second kappa shape index (κ2) is 7.49. The summed E-state index contributed by atoms with van der Waals surface area (Å²) < 4.78 is 12.2. The van der Waals surface area contributed by atoms with Gasteiger partial charge in [0, 0.05) is 18.0 Å². The van der Waals surface area contributed by atoms with Gasteiger partial charge in [-0.05, 0) is 32.4 Å². The Labute approximate surface area is 156 Å². The number of nitrogens with zero attached hydrogens (tertiary/aromatic N) is 2. The summed E-state index contributed by atoms with van der Waals surface area (Å²) in [6.07, 6.45) is 2.35. The minimum absolute atomic E-state index is 0.157. The third kappa shape index (κ3) is 4.84. The van der Waals surface area contributed by atoms with Crippen molar-refractivity contribution < 1.29 is 14.3 Å². The van der Waals surface area contributed by atoms with E-state index in [1.54, 1.807) is 32.9 Å². The molecule has 0 radical (unpaired) electrons. The molecule has 3 rings (SSSR count). The zero-order chi connectivity index (χ0) is 19.4. The highest BCUT2D eigenvalue weighted by atomic mass is 16.6. The van der Waals surface area contributed by atoms with Gasteiger partial charge in [0.25, 0.3) is 5.56 Å². The Morgan fingerprint density at radius 3 is 2.63 bits per heavy atom. The van der Waals surface area contributed by atoms with Crippen molar-refractivity contribution in [3.8, 4) is 5.75 Å². The van der Waals surface area contributed by atoms with E-state index in [1.807, 2.05) is 30.3 Å². The minimum Gasteiger partial charge on any atom is -0.482 e. The first-order valence-corrected chi connectivity index (χ1v) is 8.50. The fourth-order valence-corrected chi connectivity index (χ4v) is 2.39. The summed E-state index contributed by atoms with van der Waals surface area (Å²) in [4.78, 5) is 28.7. The first-order valence-electron chi connectivity index (χ1n) is 8.50. The lowest BCUT2D eigenvalue weighted by Crippen LogP contribution is -2.27. The van der Waals surface area contributed by atoms with Crippen LogP contribution in [-0.4, -0.2) is 21.1 Å². The molecule has 1 N–H and O–H groups in total. The van der Waals surface area contributed by atoms with Crippen LogP contribution in [0.5, 0.6) is 5.75 Å². The molecule has 0 bridgehead atoms. The van der Waals surface area contributed by atoms with Gasteiger partial charge in [-0.3, -0.25) is 14.5 Å². The molecular formula is C20H21N3O4. The Bertz CT molecular complexity index is 1010. The molecule has 0 unspecified atom stereocenters. The number of pyridine rings is 1. The maximum absolute atomic E-state index is 12.6. The number of fused-ring (bicyclic) bond motifs is 1. The van der Waals surface area contributed by atoms with E-state index in [1.165, 1.54) is 16.8 Å². The van der Waals surface area contributed by atoms with Crippen LogP contribution in [0.25, 0.3) is 5.65 Å². The average Bonchev–Trinajstić information content (AvgIpc) is 2.60. The van der Waals surface area contributed by atoms with Crippen LogP contribution in [0.2, 0.25) is 0 Å². The zero-order valence-electron chi connectivity index (χ0n) is 15.4. The molecule has 0 aliphatic heterocycles. The molecule has 0 spiro atoms. The van der Waals surface area contributed by atoms with Crippen molar-refractivity contribution in [1.29, 1.82) is 0 Å². The molecule has 7 heteroatoms. The minimum atomic E-state index is -0.596. The lowest BCUT2D eigenvalue weighted by atomic mass is 10.2. The van der Waals surface area contributed by atoms with E-state index in [-0.39, 0.29) is 17.9 Å². The topological polar surface area (TPSA) is 81.9 Å². The molecule has 27 heavy (non-hydrogen) atoms. The maximum Gasteiger partial charge on any atom is 0.412 e. The number of carbonyl (C=O) groups is 1. The van der Waals surface area contributed by atoms with E-state index in [0.29, 0.717) is 11.3 Å². The van der Waals surface area contributed by atoms with Crippen molar-refractivity contribution >= 4 is 17.4 Å². The zero-order valence-corrected chi connectivity index (χ0v) is 15.4. The van der Waals surface area contributed by atoms with Gasteiger partial charge in [-0.2, -0.15) is 0 Å².